The topological polar surface area (TPSA) is 80.2 Å². The Bertz CT molecular complexity index is 977. The molecule has 0 saturated carbocycles. The molecule has 2 aliphatic rings. The number of hydrogen-bond donors (Lipinski definition) is 2. The molecule has 3 atom stereocenters. The number of hydrogen-bond acceptors (Lipinski definition) is 6. The van der Waals surface area contributed by atoms with Crippen molar-refractivity contribution in [3.8, 4) is 22.9 Å². The van der Waals surface area contributed by atoms with E-state index in [1.165, 1.54) is 12.8 Å². The number of aryl methyl sites for hydroxylation is 1. The molecule has 2 aliphatic heterocycles. The van der Waals surface area contributed by atoms with E-state index in [0.717, 1.165) is 29.3 Å². The number of fused-ring (bicyclic) bond motifs is 3. The third-order valence-electron chi connectivity index (χ3n) is 5.71. The van der Waals surface area contributed by atoms with E-state index >= 15 is 0 Å². The molecule has 2 fully saturated rings. The first-order valence-electron chi connectivity index (χ1n) is 9.51. The maximum absolute atomic E-state index is 10.4. The van der Waals surface area contributed by atoms with Gasteiger partial charge >= 0.3 is 0 Å². The highest BCUT2D eigenvalue weighted by molar-refractivity contribution is 5.91. The number of nitrogens with zero attached hydrogens (tertiary/aromatic N) is 3. The summed E-state index contributed by atoms with van der Waals surface area (Å²) in [6.45, 7) is 1.93. The number of pyridine rings is 1. The summed E-state index contributed by atoms with van der Waals surface area (Å²) < 4.78 is 6.06. The Hall–Kier alpha value is -2.73. The van der Waals surface area contributed by atoms with E-state index in [9.17, 15) is 5.11 Å². The SMILES string of the molecule is Cc1nccc2cc(-c3ccc(OC4C[C@H]5CC[C@@H](C4)N5)nn3)c(O)cc12. The van der Waals surface area contributed by atoms with Crippen LogP contribution in [0.3, 0.4) is 0 Å². The number of phenols is 1. The molecule has 0 spiro atoms. The minimum Gasteiger partial charge on any atom is -0.507 e. The number of piperidine rings is 1. The Balaban J connectivity index is 1.38. The summed E-state index contributed by atoms with van der Waals surface area (Å²) in [5.74, 6) is 0.724. The van der Waals surface area contributed by atoms with Crippen LogP contribution in [-0.2, 0) is 0 Å². The first-order valence-corrected chi connectivity index (χ1v) is 9.51. The predicted molar refractivity (Wildman–Crippen MR) is 103 cm³/mol. The summed E-state index contributed by atoms with van der Waals surface area (Å²) in [6.07, 6.45) is 6.51. The van der Waals surface area contributed by atoms with Gasteiger partial charge in [-0.2, -0.15) is 0 Å². The molecule has 3 aromatic rings. The monoisotopic (exact) mass is 362 g/mol. The standard InChI is InChI=1S/C21H22N4O2/c1-12-17-11-20(26)18(8-13(17)6-7-22-12)19-4-5-21(25-24-19)27-16-9-14-2-3-15(10-16)23-14/h4-8,11,14-16,23,26H,2-3,9-10H2,1H3/t14-,15+,16?. The van der Waals surface area contributed by atoms with Gasteiger partial charge in [0.05, 0.1) is 5.69 Å². The van der Waals surface area contributed by atoms with Gasteiger partial charge in [-0.25, -0.2) is 0 Å². The van der Waals surface area contributed by atoms with Crippen molar-refractivity contribution < 1.29 is 9.84 Å². The molecule has 2 saturated heterocycles. The average molecular weight is 362 g/mol. The lowest BCUT2D eigenvalue weighted by Gasteiger charge is -2.28. The van der Waals surface area contributed by atoms with Crippen LogP contribution in [0.1, 0.15) is 31.4 Å². The van der Waals surface area contributed by atoms with Crippen LogP contribution in [0, 0.1) is 6.92 Å². The fourth-order valence-electron chi connectivity index (χ4n) is 4.36. The van der Waals surface area contributed by atoms with Crippen LogP contribution in [0.4, 0.5) is 0 Å². The summed E-state index contributed by atoms with van der Waals surface area (Å²) in [7, 11) is 0. The van der Waals surface area contributed by atoms with E-state index < -0.39 is 0 Å². The Kier molecular flexibility index (Phi) is 3.93. The molecule has 4 heterocycles. The van der Waals surface area contributed by atoms with Gasteiger partial charge in [0.15, 0.2) is 0 Å². The number of benzene rings is 1. The van der Waals surface area contributed by atoms with Crippen LogP contribution in [0.15, 0.2) is 36.5 Å². The Morgan fingerprint density at radius 1 is 1.07 bits per heavy atom. The van der Waals surface area contributed by atoms with Crippen LogP contribution in [0.25, 0.3) is 22.0 Å². The van der Waals surface area contributed by atoms with Crippen LogP contribution >= 0.6 is 0 Å². The fourth-order valence-corrected chi connectivity index (χ4v) is 4.36. The maximum Gasteiger partial charge on any atom is 0.233 e. The molecule has 1 aromatic carbocycles. The van der Waals surface area contributed by atoms with E-state index in [1.54, 1.807) is 12.3 Å². The summed E-state index contributed by atoms with van der Waals surface area (Å²) in [6, 6.07) is 10.4. The zero-order chi connectivity index (χ0) is 18.4. The number of ether oxygens (including phenoxy) is 1. The van der Waals surface area contributed by atoms with Gasteiger partial charge in [-0.15, -0.1) is 10.2 Å². The number of phenolic OH excluding ortho intramolecular Hbond substituents is 1. The van der Waals surface area contributed by atoms with Crippen molar-refractivity contribution in [1.82, 2.24) is 20.5 Å². The van der Waals surface area contributed by atoms with Crippen LogP contribution in [0.5, 0.6) is 11.6 Å². The maximum atomic E-state index is 10.4. The zero-order valence-electron chi connectivity index (χ0n) is 15.2. The molecular weight excluding hydrogens is 340 g/mol. The molecule has 27 heavy (non-hydrogen) atoms. The molecule has 2 bridgehead atoms. The molecule has 138 valence electrons. The van der Waals surface area contributed by atoms with Crippen molar-refractivity contribution in [3.05, 3.63) is 42.2 Å². The molecule has 2 aromatic heterocycles. The minimum atomic E-state index is 0.177. The first-order chi connectivity index (χ1) is 13.2. The van der Waals surface area contributed by atoms with Crippen LogP contribution in [0.2, 0.25) is 0 Å². The van der Waals surface area contributed by atoms with Gasteiger partial charge in [0.2, 0.25) is 5.88 Å². The molecule has 6 nitrogen and oxygen atoms in total. The predicted octanol–water partition coefficient (Wildman–Crippen LogP) is 3.37. The van der Waals surface area contributed by atoms with Crippen molar-refractivity contribution in [2.45, 2.75) is 50.8 Å². The van der Waals surface area contributed by atoms with Gasteiger partial charge in [-0.05, 0) is 62.3 Å². The van der Waals surface area contributed by atoms with Crippen molar-refractivity contribution in [3.63, 3.8) is 0 Å². The number of aromatic nitrogens is 3. The molecule has 0 aliphatic carbocycles. The van der Waals surface area contributed by atoms with Gasteiger partial charge in [0.1, 0.15) is 11.9 Å². The van der Waals surface area contributed by atoms with E-state index in [0.29, 0.717) is 29.2 Å². The van der Waals surface area contributed by atoms with Crippen molar-refractivity contribution in [2.24, 2.45) is 0 Å². The third kappa shape index (κ3) is 3.10. The van der Waals surface area contributed by atoms with Gasteiger partial charge in [-0.3, -0.25) is 4.98 Å². The highest BCUT2D eigenvalue weighted by Crippen LogP contribution is 2.34. The second kappa shape index (κ2) is 6.46. The van der Waals surface area contributed by atoms with Crippen LogP contribution in [-0.4, -0.2) is 38.5 Å². The normalized spacial score (nSPS) is 24.3. The highest BCUT2D eigenvalue weighted by atomic mass is 16.5. The van der Waals surface area contributed by atoms with E-state index in [-0.39, 0.29) is 11.9 Å². The molecule has 1 unspecified atom stereocenters. The summed E-state index contributed by atoms with van der Waals surface area (Å²) >= 11 is 0. The van der Waals surface area contributed by atoms with Crippen molar-refractivity contribution in [2.75, 3.05) is 0 Å². The van der Waals surface area contributed by atoms with E-state index in [4.69, 9.17) is 4.74 Å². The van der Waals surface area contributed by atoms with Gasteiger partial charge < -0.3 is 15.2 Å². The number of aromatic hydroxyl groups is 1. The van der Waals surface area contributed by atoms with E-state index in [1.807, 2.05) is 31.2 Å². The van der Waals surface area contributed by atoms with Gasteiger partial charge in [0.25, 0.3) is 0 Å². The summed E-state index contributed by atoms with van der Waals surface area (Å²) in [5, 5.41) is 24.5. The van der Waals surface area contributed by atoms with Gasteiger partial charge in [0, 0.05) is 41.0 Å². The lowest BCUT2D eigenvalue weighted by atomic mass is 10.0. The highest BCUT2D eigenvalue weighted by Gasteiger charge is 2.34. The van der Waals surface area contributed by atoms with Crippen molar-refractivity contribution in [1.29, 1.82) is 0 Å². The number of nitrogens with one attached hydrogen (secondary N) is 1. The first kappa shape index (κ1) is 16.4. The fraction of sp³-hybridized carbons (Fsp3) is 0.381. The molecule has 6 heteroatoms. The largest absolute Gasteiger partial charge is 0.507 e. The quantitative estimate of drug-likeness (QED) is 0.744. The molecule has 5 rings (SSSR count). The lowest BCUT2D eigenvalue weighted by molar-refractivity contribution is 0.130. The van der Waals surface area contributed by atoms with E-state index in [2.05, 4.69) is 20.5 Å². The number of rotatable bonds is 3. The van der Waals surface area contributed by atoms with Gasteiger partial charge in [-0.1, -0.05) is 0 Å². The Morgan fingerprint density at radius 2 is 1.89 bits per heavy atom. The third-order valence-corrected chi connectivity index (χ3v) is 5.71. The summed E-state index contributed by atoms with van der Waals surface area (Å²) in [4.78, 5) is 4.27. The Labute approximate surface area is 157 Å². The molecule has 0 radical (unpaired) electrons. The minimum absolute atomic E-state index is 0.177. The second-order valence-corrected chi connectivity index (χ2v) is 7.59. The zero-order valence-corrected chi connectivity index (χ0v) is 15.2. The molecular formula is C21H22N4O2. The summed E-state index contributed by atoms with van der Waals surface area (Å²) in [5.41, 5.74) is 2.17. The molecule has 0 amide bonds. The lowest BCUT2D eigenvalue weighted by Crippen LogP contribution is -2.42. The Morgan fingerprint density at radius 3 is 2.63 bits per heavy atom. The van der Waals surface area contributed by atoms with Crippen LogP contribution < -0.4 is 10.1 Å². The second-order valence-electron chi connectivity index (χ2n) is 7.59. The average Bonchev–Trinajstić information content (AvgIpc) is 3.01. The van der Waals surface area contributed by atoms with Crippen molar-refractivity contribution >= 4 is 10.8 Å². The smallest absolute Gasteiger partial charge is 0.233 e. The molecule has 2 N–H and O–H groups in total.